The van der Waals surface area contributed by atoms with Gasteiger partial charge in [-0.15, -0.1) is 0 Å². The SMILES string of the molecule is O=S(=O)(Nc1ccc(Nc2c(F)cccc2F)cn1)c1cccc(Cl)c1. The topological polar surface area (TPSA) is 71.1 Å². The van der Waals surface area contributed by atoms with E-state index in [9.17, 15) is 17.2 Å². The fourth-order valence-corrected chi connectivity index (χ4v) is 3.43. The quantitative estimate of drug-likeness (QED) is 0.664. The monoisotopic (exact) mass is 395 g/mol. The minimum atomic E-state index is -3.86. The van der Waals surface area contributed by atoms with Crippen molar-refractivity contribution in [1.29, 1.82) is 0 Å². The van der Waals surface area contributed by atoms with Gasteiger partial charge in [0.15, 0.2) is 0 Å². The molecule has 3 rings (SSSR count). The van der Waals surface area contributed by atoms with Crippen molar-refractivity contribution in [3.05, 3.63) is 77.5 Å². The van der Waals surface area contributed by atoms with Gasteiger partial charge in [-0.2, -0.15) is 0 Å². The van der Waals surface area contributed by atoms with Crippen molar-refractivity contribution in [2.24, 2.45) is 0 Å². The summed E-state index contributed by atoms with van der Waals surface area (Å²) < 4.78 is 54.2. The van der Waals surface area contributed by atoms with Crippen molar-refractivity contribution in [1.82, 2.24) is 4.98 Å². The summed E-state index contributed by atoms with van der Waals surface area (Å²) >= 11 is 5.80. The van der Waals surface area contributed by atoms with E-state index in [2.05, 4.69) is 15.0 Å². The van der Waals surface area contributed by atoms with Crippen LogP contribution in [0.1, 0.15) is 0 Å². The Hall–Kier alpha value is -2.71. The fraction of sp³-hybridized carbons (Fsp3) is 0. The number of anilines is 3. The van der Waals surface area contributed by atoms with Gasteiger partial charge in [0.1, 0.15) is 23.1 Å². The van der Waals surface area contributed by atoms with E-state index < -0.39 is 21.7 Å². The third kappa shape index (κ3) is 4.09. The molecule has 0 atom stereocenters. The van der Waals surface area contributed by atoms with Crippen molar-refractivity contribution in [2.75, 3.05) is 10.0 Å². The molecule has 0 saturated heterocycles. The van der Waals surface area contributed by atoms with Crippen molar-refractivity contribution in [2.45, 2.75) is 4.90 Å². The van der Waals surface area contributed by atoms with E-state index in [0.717, 1.165) is 12.1 Å². The van der Waals surface area contributed by atoms with E-state index in [1.165, 1.54) is 42.6 Å². The maximum absolute atomic E-state index is 13.6. The largest absolute Gasteiger partial charge is 0.349 e. The number of sulfonamides is 1. The molecule has 0 spiro atoms. The van der Waals surface area contributed by atoms with E-state index in [1.54, 1.807) is 6.07 Å². The van der Waals surface area contributed by atoms with Crippen LogP contribution in [0.2, 0.25) is 5.02 Å². The van der Waals surface area contributed by atoms with Gasteiger partial charge in [0.05, 0.1) is 16.8 Å². The summed E-state index contributed by atoms with van der Waals surface area (Å²) in [6, 6.07) is 12.1. The van der Waals surface area contributed by atoms with E-state index in [-0.39, 0.29) is 21.4 Å². The first-order chi connectivity index (χ1) is 12.3. The van der Waals surface area contributed by atoms with Gasteiger partial charge in [-0.25, -0.2) is 22.2 Å². The van der Waals surface area contributed by atoms with E-state index >= 15 is 0 Å². The molecule has 1 heterocycles. The van der Waals surface area contributed by atoms with Crippen molar-refractivity contribution < 1.29 is 17.2 Å². The van der Waals surface area contributed by atoms with E-state index in [0.29, 0.717) is 5.69 Å². The minimum Gasteiger partial charge on any atom is -0.349 e. The molecule has 134 valence electrons. The predicted molar refractivity (Wildman–Crippen MR) is 96.1 cm³/mol. The van der Waals surface area contributed by atoms with Gasteiger partial charge >= 0.3 is 0 Å². The molecule has 2 N–H and O–H groups in total. The van der Waals surface area contributed by atoms with E-state index in [1.807, 2.05) is 0 Å². The highest BCUT2D eigenvalue weighted by atomic mass is 35.5. The molecule has 0 fully saturated rings. The molecular formula is C17H12ClF2N3O2S. The zero-order valence-corrected chi connectivity index (χ0v) is 14.7. The maximum atomic E-state index is 13.6. The smallest absolute Gasteiger partial charge is 0.263 e. The summed E-state index contributed by atoms with van der Waals surface area (Å²) in [6.07, 6.45) is 1.25. The van der Waals surface area contributed by atoms with E-state index in [4.69, 9.17) is 11.6 Å². The number of hydrogen-bond acceptors (Lipinski definition) is 4. The fourth-order valence-electron chi connectivity index (χ4n) is 2.12. The molecule has 0 aliphatic rings. The Labute approximate surface area is 153 Å². The first-order valence-corrected chi connectivity index (χ1v) is 9.17. The molecule has 2 aromatic carbocycles. The van der Waals surface area contributed by atoms with Crippen LogP contribution in [0.4, 0.5) is 26.0 Å². The summed E-state index contributed by atoms with van der Waals surface area (Å²) in [5.74, 6) is -1.46. The van der Waals surface area contributed by atoms with Gasteiger partial charge in [-0.1, -0.05) is 23.7 Å². The first-order valence-electron chi connectivity index (χ1n) is 7.31. The van der Waals surface area contributed by atoms with Crippen LogP contribution in [0.3, 0.4) is 0 Å². The zero-order chi connectivity index (χ0) is 18.7. The normalized spacial score (nSPS) is 11.2. The Morgan fingerprint density at radius 1 is 0.962 bits per heavy atom. The summed E-state index contributed by atoms with van der Waals surface area (Å²) in [4.78, 5) is 3.93. The lowest BCUT2D eigenvalue weighted by Gasteiger charge is -2.10. The van der Waals surface area contributed by atoms with Gasteiger partial charge in [0, 0.05) is 5.02 Å². The van der Waals surface area contributed by atoms with Crippen LogP contribution < -0.4 is 10.0 Å². The lowest BCUT2D eigenvalue weighted by atomic mass is 10.2. The highest BCUT2D eigenvalue weighted by Crippen LogP contribution is 2.24. The van der Waals surface area contributed by atoms with Crippen LogP contribution in [-0.2, 0) is 10.0 Å². The Balaban J connectivity index is 1.78. The Kier molecular flexibility index (Phi) is 5.06. The number of nitrogens with one attached hydrogen (secondary N) is 2. The molecular weight excluding hydrogens is 384 g/mol. The molecule has 0 amide bonds. The molecule has 9 heteroatoms. The summed E-state index contributed by atoms with van der Waals surface area (Å²) in [6.45, 7) is 0. The Morgan fingerprint density at radius 2 is 1.65 bits per heavy atom. The van der Waals surface area contributed by atoms with Gasteiger partial charge in [-0.05, 0) is 42.5 Å². The number of benzene rings is 2. The highest BCUT2D eigenvalue weighted by molar-refractivity contribution is 7.92. The van der Waals surface area contributed by atoms with Crippen molar-refractivity contribution in [3.63, 3.8) is 0 Å². The number of rotatable bonds is 5. The maximum Gasteiger partial charge on any atom is 0.263 e. The number of halogens is 3. The van der Waals surface area contributed by atoms with Gasteiger partial charge in [-0.3, -0.25) is 4.72 Å². The highest BCUT2D eigenvalue weighted by Gasteiger charge is 2.15. The summed E-state index contributed by atoms with van der Waals surface area (Å²) in [7, 11) is -3.86. The molecule has 26 heavy (non-hydrogen) atoms. The molecule has 5 nitrogen and oxygen atoms in total. The molecule has 0 unspecified atom stereocenters. The Morgan fingerprint density at radius 3 is 2.27 bits per heavy atom. The van der Waals surface area contributed by atoms with Gasteiger partial charge in [0.25, 0.3) is 10.0 Å². The van der Waals surface area contributed by atoms with Gasteiger partial charge in [0.2, 0.25) is 0 Å². The third-order valence-electron chi connectivity index (χ3n) is 3.34. The second-order valence-electron chi connectivity index (χ2n) is 5.22. The molecule has 0 aliphatic carbocycles. The van der Waals surface area contributed by atoms with Crippen molar-refractivity contribution in [3.8, 4) is 0 Å². The number of para-hydroxylation sites is 1. The number of aromatic nitrogens is 1. The molecule has 1 aromatic heterocycles. The third-order valence-corrected chi connectivity index (χ3v) is 4.93. The molecule has 0 bridgehead atoms. The van der Waals surface area contributed by atoms with Crippen LogP contribution in [-0.4, -0.2) is 13.4 Å². The lowest BCUT2D eigenvalue weighted by Crippen LogP contribution is -2.13. The number of hydrogen-bond donors (Lipinski definition) is 2. The summed E-state index contributed by atoms with van der Waals surface area (Å²) in [5, 5.41) is 2.85. The van der Waals surface area contributed by atoms with Crippen LogP contribution in [0, 0.1) is 11.6 Å². The van der Waals surface area contributed by atoms with Crippen LogP contribution in [0.25, 0.3) is 0 Å². The average molecular weight is 396 g/mol. The van der Waals surface area contributed by atoms with Crippen LogP contribution in [0.5, 0.6) is 0 Å². The molecule has 0 aliphatic heterocycles. The minimum absolute atomic E-state index is 0.0116. The second-order valence-corrected chi connectivity index (χ2v) is 7.34. The van der Waals surface area contributed by atoms with Crippen molar-refractivity contribution >= 4 is 38.8 Å². The molecule has 3 aromatic rings. The predicted octanol–water partition coefficient (Wildman–Crippen LogP) is 4.56. The zero-order valence-electron chi connectivity index (χ0n) is 13.1. The number of pyridine rings is 1. The second kappa shape index (κ2) is 7.27. The van der Waals surface area contributed by atoms with Crippen LogP contribution in [0.15, 0.2) is 65.7 Å². The lowest BCUT2D eigenvalue weighted by molar-refractivity contribution is 0.590. The first kappa shape index (κ1) is 18.1. The Bertz CT molecular complexity index is 1020. The molecule has 0 radical (unpaired) electrons. The molecule has 0 saturated carbocycles. The number of nitrogens with zero attached hydrogens (tertiary/aromatic N) is 1. The average Bonchev–Trinajstić information content (AvgIpc) is 2.59. The van der Waals surface area contributed by atoms with Crippen LogP contribution >= 0.6 is 11.6 Å². The summed E-state index contributed by atoms with van der Waals surface area (Å²) in [5.41, 5.74) is -0.0266. The van der Waals surface area contributed by atoms with Gasteiger partial charge < -0.3 is 5.32 Å². The standard InChI is InChI=1S/C17H12ClF2N3O2S/c18-11-3-1-4-13(9-11)26(24,25)23-16-8-7-12(10-21-16)22-17-14(19)5-2-6-15(17)20/h1-10,22H,(H,21,23).